The van der Waals surface area contributed by atoms with Crippen molar-refractivity contribution < 1.29 is 4.79 Å². The Labute approximate surface area is 122 Å². The summed E-state index contributed by atoms with van der Waals surface area (Å²) < 4.78 is 0. The van der Waals surface area contributed by atoms with Gasteiger partial charge in [-0.25, -0.2) is 0 Å². The molecule has 2 fully saturated rings. The molecule has 0 aliphatic heterocycles. The number of carbonyl (C=O) groups is 1. The number of anilines is 1. The smallest absolute Gasteiger partial charge is 0.227 e. The van der Waals surface area contributed by atoms with Gasteiger partial charge < -0.3 is 5.32 Å². The Balaban J connectivity index is 1.79. The summed E-state index contributed by atoms with van der Waals surface area (Å²) in [4.78, 5) is 12.6. The standard InChI is InChI=1S/C18H25NO/c1-11(2)15-6-4-5-12(3)17(15)19-18(20)16-10-13-7-8-14(16)9-13/h4-6,11,13-14,16H,7-10H2,1-3H3,(H,19,20). The predicted molar refractivity (Wildman–Crippen MR) is 82.8 cm³/mol. The van der Waals surface area contributed by atoms with Crippen LogP contribution in [-0.2, 0) is 4.79 Å². The number of para-hydroxylation sites is 1. The number of hydrogen-bond donors (Lipinski definition) is 1. The van der Waals surface area contributed by atoms with Crippen molar-refractivity contribution in [3.8, 4) is 0 Å². The number of aryl methyl sites for hydroxylation is 1. The highest BCUT2D eigenvalue weighted by molar-refractivity contribution is 5.94. The van der Waals surface area contributed by atoms with Gasteiger partial charge in [-0.05, 0) is 55.1 Å². The molecule has 3 unspecified atom stereocenters. The fraction of sp³-hybridized carbons (Fsp3) is 0.611. The van der Waals surface area contributed by atoms with Crippen molar-refractivity contribution in [2.75, 3.05) is 5.32 Å². The second-order valence-corrected chi connectivity index (χ2v) is 6.96. The molecule has 0 radical (unpaired) electrons. The van der Waals surface area contributed by atoms with Crippen LogP contribution in [0.1, 0.15) is 56.6 Å². The lowest BCUT2D eigenvalue weighted by atomic mass is 9.88. The minimum absolute atomic E-state index is 0.258. The van der Waals surface area contributed by atoms with Crippen LogP contribution in [0.3, 0.4) is 0 Å². The molecule has 108 valence electrons. The van der Waals surface area contributed by atoms with Gasteiger partial charge in [0.25, 0.3) is 0 Å². The van der Waals surface area contributed by atoms with Crippen molar-refractivity contribution in [3.05, 3.63) is 29.3 Å². The van der Waals surface area contributed by atoms with E-state index in [1.807, 2.05) is 0 Å². The summed E-state index contributed by atoms with van der Waals surface area (Å²) in [5.41, 5.74) is 3.48. The van der Waals surface area contributed by atoms with Crippen LogP contribution in [-0.4, -0.2) is 5.91 Å². The van der Waals surface area contributed by atoms with E-state index in [4.69, 9.17) is 0 Å². The van der Waals surface area contributed by atoms with E-state index in [0.29, 0.717) is 11.8 Å². The largest absolute Gasteiger partial charge is 0.325 e. The van der Waals surface area contributed by atoms with Crippen molar-refractivity contribution in [2.45, 2.75) is 52.4 Å². The molecule has 2 nitrogen and oxygen atoms in total. The number of amides is 1. The van der Waals surface area contributed by atoms with Crippen LogP contribution in [0.2, 0.25) is 0 Å². The molecule has 1 N–H and O–H groups in total. The molecule has 0 spiro atoms. The fourth-order valence-electron chi connectivity index (χ4n) is 4.12. The average molecular weight is 271 g/mol. The first-order valence-corrected chi connectivity index (χ1v) is 7.96. The Morgan fingerprint density at radius 2 is 2.05 bits per heavy atom. The second-order valence-electron chi connectivity index (χ2n) is 6.96. The highest BCUT2D eigenvalue weighted by atomic mass is 16.1. The molecular weight excluding hydrogens is 246 g/mol. The van der Waals surface area contributed by atoms with Gasteiger partial charge >= 0.3 is 0 Å². The molecule has 0 saturated heterocycles. The third-order valence-corrected chi connectivity index (χ3v) is 5.25. The quantitative estimate of drug-likeness (QED) is 0.862. The molecule has 2 bridgehead atoms. The maximum Gasteiger partial charge on any atom is 0.227 e. The fourth-order valence-corrected chi connectivity index (χ4v) is 4.12. The van der Waals surface area contributed by atoms with Gasteiger partial charge in [-0.2, -0.15) is 0 Å². The van der Waals surface area contributed by atoms with Gasteiger partial charge in [0.1, 0.15) is 0 Å². The Morgan fingerprint density at radius 1 is 1.25 bits per heavy atom. The van der Waals surface area contributed by atoms with Gasteiger partial charge in [-0.1, -0.05) is 38.5 Å². The predicted octanol–water partition coefficient (Wildman–Crippen LogP) is 4.49. The van der Waals surface area contributed by atoms with Gasteiger partial charge in [0.15, 0.2) is 0 Å². The summed E-state index contributed by atoms with van der Waals surface area (Å²) in [5, 5.41) is 3.25. The van der Waals surface area contributed by atoms with Crippen LogP contribution in [0.25, 0.3) is 0 Å². The van der Waals surface area contributed by atoms with Crippen LogP contribution >= 0.6 is 0 Å². The minimum Gasteiger partial charge on any atom is -0.325 e. The average Bonchev–Trinajstić information content (AvgIpc) is 3.03. The van der Waals surface area contributed by atoms with E-state index in [1.54, 1.807) is 0 Å². The lowest BCUT2D eigenvalue weighted by molar-refractivity contribution is -0.121. The third kappa shape index (κ3) is 2.36. The molecule has 1 aromatic carbocycles. The Morgan fingerprint density at radius 3 is 2.65 bits per heavy atom. The molecule has 0 heterocycles. The van der Waals surface area contributed by atoms with Crippen molar-refractivity contribution >= 4 is 11.6 Å². The summed E-state index contributed by atoms with van der Waals surface area (Å²) >= 11 is 0. The molecule has 3 rings (SSSR count). The van der Waals surface area contributed by atoms with E-state index in [-0.39, 0.29) is 11.8 Å². The molecule has 2 saturated carbocycles. The Bertz CT molecular complexity index is 520. The molecule has 3 atom stereocenters. The lowest BCUT2D eigenvalue weighted by Gasteiger charge is -2.23. The van der Waals surface area contributed by atoms with E-state index in [1.165, 1.54) is 30.4 Å². The van der Waals surface area contributed by atoms with E-state index in [9.17, 15) is 4.79 Å². The summed E-state index contributed by atoms with van der Waals surface area (Å²) in [6.45, 7) is 6.45. The van der Waals surface area contributed by atoms with Gasteiger partial charge in [-0.15, -0.1) is 0 Å². The number of carbonyl (C=O) groups excluding carboxylic acids is 1. The third-order valence-electron chi connectivity index (χ3n) is 5.25. The lowest BCUT2D eigenvalue weighted by Crippen LogP contribution is -2.28. The molecule has 0 aromatic heterocycles. The number of rotatable bonds is 3. The zero-order chi connectivity index (χ0) is 14.3. The first-order chi connectivity index (χ1) is 9.56. The number of fused-ring (bicyclic) bond motifs is 2. The van der Waals surface area contributed by atoms with Crippen molar-refractivity contribution in [1.29, 1.82) is 0 Å². The molecule has 20 heavy (non-hydrogen) atoms. The number of nitrogens with one attached hydrogen (secondary N) is 1. The van der Waals surface area contributed by atoms with E-state index < -0.39 is 0 Å². The molecule has 2 aliphatic rings. The topological polar surface area (TPSA) is 29.1 Å². The van der Waals surface area contributed by atoms with E-state index >= 15 is 0 Å². The summed E-state index contributed by atoms with van der Waals surface area (Å²) in [5.74, 6) is 2.41. The van der Waals surface area contributed by atoms with Crippen molar-refractivity contribution in [1.82, 2.24) is 0 Å². The zero-order valence-electron chi connectivity index (χ0n) is 12.8. The maximum absolute atomic E-state index is 12.6. The van der Waals surface area contributed by atoms with Crippen LogP contribution < -0.4 is 5.32 Å². The van der Waals surface area contributed by atoms with Crippen molar-refractivity contribution in [3.63, 3.8) is 0 Å². The summed E-state index contributed by atoms with van der Waals surface area (Å²) in [7, 11) is 0. The summed E-state index contributed by atoms with van der Waals surface area (Å²) in [6.07, 6.45) is 4.99. The van der Waals surface area contributed by atoms with Crippen LogP contribution in [0.15, 0.2) is 18.2 Å². The monoisotopic (exact) mass is 271 g/mol. The molecule has 2 aliphatic carbocycles. The number of benzene rings is 1. The van der Waals surface area contributed by atoms with Crippen molar-refractivity contribution in [2.24, 2.45) is 17.8 Å². The number of hydrogen-bond acceptors (Lipinski definition) is 1. The maximum atomic E-state index is 12.6. The molecule has 1 aromatic rings. The molecule has 2 heteroatoms. The Kier molecular flexibility index (Phi) is 3.57. The molecular formula is C18H25NO. The van der Waals surface area contributed by atoms with Gasteiger partial charge in [0.2, 0.25) is 5.91 Å². The van der Waals surface area contributed by atoms with Gasteiger partial charge in [0.05, 0.1) is 0 Å². The normalized spacial score (nSPS) is 28.1. The highest BCUT2D eigenvalue weighted by Gasteiger charge is 2.43. The minimum atomic E-state index is 0.258. The first-order valence-electron chi connectivity index (χ1n) is 7.96. The van der Waals surface area contributed by atoms with Crippen LogP contribution in [0.4, 0.5) is 5.69 Å². The van der Waals surface area contributed by atoms with E-state index in [0.717, 1.165) is 18.0 Å². The SMILES string of the molecule is Cc1cccc(C(C)C)c1NC(=O)C1CC2CCC1C2. The zero-order valence-corrected chi connectivity index (χ0v) is 12.8. The summed E-state index contributed by atoms with van der Waals surface area (Å²) in [6, 6.07) is 6.30. The van der Waals surface area contributed by atoms with Crippen LogP contribution in [0.5, 0.6) is 0 Å². The van der Waals surface area contributed by atoms with E-state index in [2.05, 4.69) is 44.3 Å². The Hall–Kier alpha value is -1.31. The second kappa shape index (κ2) is 5.23. The highest BCUT2D eigenvalue weighted by Crippen LogP contribution is 2.48. The van der Waals surface area contributed by atoms with Gasteiger partial charge in [0, 0.05) is 11.6 Å². The van der Waals surface area contributed by atoms with Crippen LogP contribution in [0, 0.1) is 24.7 Å². The molecule has 1 amide bonds. The van der Waals surface area contributed by atoms with Gasteiger partial charge in [-0.3, -0.25) is 4.79 Å². The first kappa shape index (κ1) is 13.7.